The van der Waals surface area contributed by atoms with Crippen molar-refractivity contribution >= 4 is 6.29 Å². The molecule has 0 radical (unpaired) electrons. The molecule has 1 heterocycles. The van der Waals surface area contributed by atoms with Gasteiger partial charge >= 0.3 is 0 Å². The lowest BCUT2D eigenvalue weighted by Gasteiger charge is -2.18. The van der Waals surface area contributed by atoms with E-state index in [1.807, 2.05) is 0 Å². The van der Waals surface area contributed by atoms with Crippen LogP contribution in [-0.2, 0) is 12.8 Å². The van der Waals surface area contributed by atoms with Crippen LogP contribution in [0.15, 0.2) is 0 Å². The van der Waals surface area contributed by atoms with E-state index in [1.165, 1.54) is 18.5 Å². The van der Waals surface area contributed by atoms with Crippen LogP contribution in [0.3, 0.4) is 0 Å². The van der Waals surface area contributed by atoms with Gasteiger partial charge in [-0.25, -0.2) is 4.98 Å². The van der Waals surface area contributed by atoms with E-state index in [9.17, 15) is 4.79 Å². The van der Waals surface area contributed by atoms with Gasteiger partial charge in [-0.2, -0.15) is 0 Å². The number of H-pyrrole nitrogens is 1. The van der Waals surface area contributed by atoms with Crippen molar-refractivity contribution in [2.24, 2.45) is 5.92 Å². The van der Waals surface area contributed by atoms with E-state index in [-0.39, 0.29) is 0 Å². The summed E-state index contributed by atoms with van der Waals surface area (Å²) in [5.41, 5.74) is 2.28. The van der Waals surface area contributed by atoms with Gasteiger partial charge in [-0.1, -0.05) is 13.3 Å². The summed E-state index contributed by atoms with van der Waals surface area (Å²) in [5.74, 6) is 1.26. The average Bonchev–Trinajstić information content (AvgIpc) is 2.58. The van der Waals surface area contributed by atoms with Crippen molar-refractivity contribution in [1.82, 2.24) is 9.97 Å². The molecule has 0 aromatic carbocycles. The number of aromatic amines is 1. The van der Waals surface area contributed by atoms with Gasteiger partial charge < -0.3 is 4.98 Å². The van der Waals surface area contributed by atoms with E-state index in [1.54, 1.807) is 0 Å². The number of aldehydes is 1. The number of fused-ring (bicyclic) bond motifs is 1. The predicted molar refractivity (Wildman–Crippen MR) is 49.8 cm³/mol. The lowest BCUT2D eigenvalue weighted by molar-refractivity contribution is 0.111. The molecular weight excluding hydrogens is 164 g/mol. The summed E-state index contributed by atoms with van der Waals surface area (Å²) < 4.78 is 0. The van der Waals surface area contributed by atoms with Crippen LogP contribution in [0, 0.1) is 5.92 Å². The SMILES string of the molecule is CCC1CCc2nc(C=O)[nH]c2C1. The summed E-state index contributed by atoms with van der Waals surface area (Å²) in [5, 5.41) is 0. The van der Waals surface area contributed by atoms with Crippen LogP contribution >= 0.6 is 0 Å². The third kappa shape index (κ3) is 1.50. The molecule has 1 unspecified atom stereocenters. The van der Waals surface area contributed by atoms with Crippen molar-refractivity contribution in [2.45, 2.75) is 32.6 Å². The molecule has 70 valence electrons. The third-order valence-corrected chi connectivity index (χ3v) is 2.85. The number of rotatable bonds is 2. The minimum absolute atomic E-state index is 0.488. The van der Waals surface area contributed by atoms with Crippen LogP contribution in [0.2, 0.25) is 0 Å². The van der Waals surface area contributed by atoms with Crippen LogP contribution in [0.1, 0.15) is 41.8 Å². The Labute approximate surface area is 77.6 Å². The maximum absolute atomic E-state index is 10.5. The molecule has 1 aromatic heterocycles. The highest BCUT2D eigenvalue weighted by molar-refractivity contribution is 5.69. The fourth-order valence-electron chi connectivity index (χ4n) is 1.98. The first kappa shape index (κ1) is 8.48. The van der Waals surface area contributed by atoms with E-state index in [0.29, 0.717) is 5.82 Å². The second-order valence-corrected chi connectivity index (χ2v) is 3.68. The normalized spacial score (nSPS) is 21.2. The summed E-state index contributed by atoms with van der Waals surface area (Å²) in [7, 11) is 0. The number of aryl methyl sites for hydroxylation is 1. The average molecular weight is 178 g/mol. The zero-order chi connectivity index (χ0) is 9.26. The van der Waals surface area contributed by atoms with Gasteiger partial charge in [0.1, 0.15) is 0 Å². The van der Waals surface area contributed by atoms with Crippen molar-refractivity contribution in [2.75, 3.05) is 0 Å². The fourth-order valence-corrected chi connectivity index (χ4v) is 1.98. The molecule has 1 aromatic rings. The fraction of sp³-hybridized carbons (Fsp3) is 0.600. The molecule has 13 heavy (non-hydrogen) atoms. The summed E-state index contributed by atoms with van der Waals surface area (Å²) in [6.45, 7) is 2.21. The van der Waals surface area contributed by atoms with Gasteiger partial charge in [-0.15, -0.1) is 0 Å². The molecule has 0 bridgehead atoms. The highest BCUT2D eigenvalue weighted by atomic mass is 16.1. The molecule has 0 amide bonds. The highest BCUT2D eigenvalue weighted by Gasteiger charge is 2.20. The Hall–Kier alpha value is -1.12. The standard InChI is InChI=1S/C10H14N2O/c1-2-7-3-4-8-9(5-7)12-10(6-13)11-8/h6-7H,2-5H2,1H3,(H,11,12). The number of imidazole rings is 1. The van der Waals surface area contributed by atoms with Gasteiger partial charge in [-0.05, 0) is 25.2 Å². The molecule has 3 heteroatoms. The first-order valence-electron chi connectivity index (χ1n) is 4.86. The largest absolute Gasteiger partial charge is 0.339 e. The second kappa shape index (κ2) is 3.32. The number of carbonyl (C=O) groups is 1. The Kier molecular flexibility index (Phi) is 2.17. The molecule has 0 spiro atoms. The number of hydrogen-bond donors (Lipinski definition) is 1. The summed E-state index contributed by atoms with van der Waals surface area (Å²) >= 11 is 0. The quantitative estimate of drug-likeness (QED) is 0.701. The first-order chi connectivity index (χ1) is 6.33. The maximum Gasteiger partial charge on any atom is 0.185 e. The Morgan fingerprint density at radius 3 is 3.23 bits per heavy atom. The van der Waals surface area contributed by atoms with Crippen molar-refractivity contribution in [3.05, 3.63) is 17.2 Å². The van der Waals surface area contributed by atoms with Crippen LogP contribution < -0.4 is 0 Å². The monoisotopic (exact) mass is 178 g/mol. The molecule has 1 aliphatic carbocycles. The van der Waals surface area contributed by atoms with E-state index in [4.69, 9.17) is 0 Å². The molecule has 2 rings (SSSR count). The van der Waals surface area contributed by atoms with Crippen molar-refractivity contribution in [3.63, 3.8) is 0 Å². The minimum Gasteiger partial charge on any atom is -0.339 e. The van der Waals surface area contributed by atoms with Gasteiger partial charge in [-0.3, -0.25) is 4.79 Å². The zero-order valence-corrected chi connectivity index (χ0v) is 7.84. The van der Waals surface area contributed by atoms with Crippen molar-refractivity contribution in [1.29, 1.82) is 0 Å². The second-order valence-electron chi connectivity index (χ2n) is 3.68. The van der Waals surface area contributed by atoms with E-state index >= 15 is 0 Å². The molecule has 1 atom stereocenters. The van der Waals surface area contributed by atoms with Crippen molar-refractivity contribution in [3.8, 4) is 0 Å². The highest BCUT2D eigenvalue weighted by Crippen LogP contribution is 2.25. The minimum atomic E-state index is 0.488. The maximum atomic E-state index is 10.5. The van der Waals surface area contributed by atoms with Crippen LogP contribution in [0.4, 0.5) is 0 Å². The van der Waals surface area contributed by atoms with Crippen molar-refractivity contribution < 1.29 is 4.79 Å². The number of aromatic nitrogens is 2. The van der Waals surface area contributed by atoms with Gasteiger partial charge in [0, 0.05) is 5.69 Å². The number of carbonyl (C=O) groups excluding carboxylic acids is 1. The predicted octanol–water partition coefficient (Wildman–Crippen LogP) is 1.74. The van der Waals surface area contributed by atoms with Gasteiger partial charge in [0.2, 0.25) is 0 Å². The molecule has 3 nitrogen and oxygen atoms in total. The molecule has 0 saturated heterocycles. The Bertz CT molecular complexity index is 317. The van der Waals surface area contributed by atoms with E-state index < -0.39 is 0 Å². The topological polar surface area (TPSA) is 45.8 Å². The number of nitrogens with zero attached hydrogens (tertiary/aromatic N) is 1. The number of nitrogens with one attached hydrogen (secondary N) is 1. The van der Waals surface area contributed by atoms with Crippen LogP contribution in [0.25, 0.3) is 0 Å². The summed E-state index contributed by atoms with van der Waals surface area (Å²) in [6.07, 6.45) is 5.31. The molecule has 0 aliphatic heterocycles. The lowest BCUT2D eigenvalue weighted by Crippen LogP contribution is -2.12. The van der Waals surface area contributed by atoms with Crippen LogP contribution in [-0.4, -0.2) is 16.3 Å². The van der Waals surface area contributed by atoms with E-state index in [0.717, 1.165) is 30.7 Å². The zero-order valence-electron chi connectivity index (χ0n) is 7.84. The van der Waals surface area contributed by atoms with Gasteiger partial charge in [0.15, 0.2) is 12.1 Å². The molecule has 1 aliphatic rings. The van der Waals surface area contributed by atoms with Crippen LogP contribution in [0.5, 0.6) is 0 Å². The summed E-state index contributed by atoms with van der Waals surface area (Å²) in [6, 6.07) is 0. The van der Waals surface area contributed by atoms with E-state index in [2.05, 4.69) is 16.9 Å². The third-order valence-electron chi connectivity index (χ3n) is 2.85. The number of hydrogen-bond acceptors (Lipinski definition) is 2. The smallest absolute Gasteiger partial charge is 0.185 e. The summed E-state index contributed by atoms with van der Waals surface area (Å²) in [4.78, 5) is 17.8. The van der Waals surface area contributed by atoms with Gasteiger partial charge in [0.05, 0.1) is 5.69 Å². The molecule has 1 N–H and O–H groups in total. The Balaban J connectivity index is 2.24. The Morgan fingerprint density at radius 1 is 1.69 bits per heavy atom. The molecule has 0 saturated carbocycles. The molecular formula is C10H14N2O. The molecule has 0 fully saturated rings. The van der Waals surface area contributed by atoms with Gasteiger partial charge in [0.25, 0.3) is 0 Å². The lowest BCUT2D eigenvalue weighted by atomic mass is 9.88. The Morgan fingerprint density at radius 2 is 2.54 bits per heavy atom. The first-order valence-corrected chi connectivity index (χ1v) is 4.86.